The SMILES string of the molecule is CC(=O)ONC(=O)c1ncc(-c2ccccn2)cc1O. The Labute approximate surface area is 114 Å². The highest BCUT2D eigenvalue weighted by Crippen LogP contribution is 2.22. The van der Waals surface area contributed by atoms with Crippen molar-refractivity contribution in [1.29, 1.82) is 0 Å². The molecule has 0 fully saturated rings. The van der Waals surface area contributed by atoms with Crippen molar-refractivity contribution in [2.24, 2.45) is 0 Å². The number of carbonyl (C=O) groups is 2. The first-order valence-corrected chi connectivity index (χ1v) is 5.66. The summed E-state index contributed by atoms with van der Waals surface area (Å²) in [7, 11) is 0. The van der Waals surface area contributed by atoms with Crippen molar-refractivity contribution in [3.8, 4) is 17.0 Å². The number of aromatic nitrogens is 2. The molecule has 0 aliphatic carbocycles. The summed E-state index contributed by atoms with van der Waals surface area (Å²) in [4.78, 5) is 34.4. The molecule has 0 bridgehead atoms. The summed E-state index contributed by atoms with van der Waals surface area (Å²) in [6.07, 6.45) is 3.00. The zero-order chi connectivity index (χ0) is 14.5. The normalized spacial score (nSPS) is 9.85. The summed E-state index contributed by atoms with van der Waals surface area (Å²) in [5.41, 5.74) is 2.80. The molecule has 0 aromatic carbocycles. The molecule has 2 rings (SSSR count). The zero-order valence-electron chi connectivity index (χ0n) is 10.5. The number of pyridine rings is 2. The van der Waals surface area contributed by atoms with E-state index in [9.17, 15) is 14.7 Å². The van der Waals surface area contributed by atoms with Gasteiger partial charge in [0.25, 0.3) is 0 Å². The van der Waals surface area contributed by atoms with E-state index in [2.05, 4.69) is 14.8 Å². The van der Waals surface area contributed by atoms with E-state index in [1.807, 2.05) is 5.48 Å². The van der Waals surface area contributed by atoms with E-state index in [0.29, 0.717) is 11.3 Å². The number of nitrogens with one attached hydrogen (secondary N) is 1. The lowest BCUT2D eigenvalue weighted by Crippen LogP contribution is -2.26. The molecule has 0 saturated carbocycles. The molecule has 2 aromatic rings. The summed E-state index contributed by atoms with van der Waals surface area (Å²) in [6, 6.07) is 6.66. The van der Waals surface area contributed by atoms with Gasteiger partial charge in [0.2, 0.25) is 0 Å². The van der Waals surface area contributed by atoms with Crippen molar-refractivity contribution >= 4 is 11.9 Å². The van der Waals surface area contributed by atoms with Crippen LogP contribution in [0.3, 0.4) is 0 Å². The predicted octanol–water partition coefficient (Wildman–Crippen LogP) is 1.06. The molecule has 0 unspecified atom stereocenters. The molecule has 0 saturated heterocycles. The second-order valence-corrected chi connectivity index (χ2v) is 3.83. The van der Waals surface area contributed by atoms with Crippen LogP contribution < -0.4 is 5.48 Å². The number of nitrogens with zero attached hydrogens (tertiary/aromatic N) is 2. The number of hydroxylamine groups is 1. The first kappa shape index (κ1) is 13.5. The second-order valence-electron chi connectivity index (χ2n) is 3.83. The number of aromatic hydroxyl groups is 1. The van der Waals surface area contributed by atoms with Gasteiger partial charge in [-0.05, 0) is 18.2 Å². The van der Waals surface area contributed by atoms with Gasteiger partial charge in [0.15, 0.2) is 5.69 Å². The second kappa shape index (κ2) is 5.79. The monoisotopic (exact) mass is 273 g/mol. The maximum atomic E-state index is 11.6. The Morgan fingerprint density at radius 3 is 2.70 bits per heavy atom. The Balaban J connectivity index is 2.22. The van der Waals surface area contributed by atoms with E-state index in [1.165, 1.54) is 12.3 Å². The van der Waals surface area contributed by atoms with Gasteiger partial charge < -0.3 is 9.94 Å². The highest BCUT2D eigenvalue weighted by Gasteiger charge is 2.15. The third-order valence-electron chi connectivity index (χ3n) is 2.33. The fourth-order valence-corrected chi connectivity index (χ4v) is 1.47. The average molecular weight is 273 g/mol. The molecule has 0 aliphatic heterocycles. The summed E-state index contributed by atoms with van der Waals surface area (Å²) in [6.45, 7) is 1.14. The van der Waals surface area contributed by atoms with Crippen LogP contribution in [0.4, 0.5) is 0 Å². The van der Waals surface area contributed by atoms with E-state index in [-0.39, 0.29) is 11.4 Å². The van der Waals surface area contributed by atoms with E-state index < -0.39 is 11.9 Å². The highest BCUT2D eigenvalue weighted by atomic mass is 16.7. The lowest BCUT2D eigenvalue weighted by molar-refractivity contribution is -0.146. The van der Waals surface area contributed by atoms with Crippen molar-refractivity contribution < 1.29 is 19.5 Å². The number of hydrogen-bond acceptors (Lipinski definition) is 6. The van der Waals surface area contributed by atoms with Crippen LogP contribution in [-0.2, 0) is 9.63 Å². The largest absolute Gasteiger partial charge is 0.505 e. The van der Waals surface area contributed by atoms with Crippen LogP contribution in [0.1, 0.15) is 17.4 Å². The molecule has 0 radical (unpaired) electrons. The van der Waals surface area contributed by atoms with Crippen LogP contribution in [-0.4, -0.2) is 27.0 Å². The minimum Gasteiger partial charge on any atom is -0.505 e. The Hall–Kier alpha value is -2.96. The fraction of sp³-hybridized carbons (Fsp3) is 0.0769. The molecule has 0 atom stereocenters. The summed E-state index contributed by atoms with van der Waals surface area (Å²) >= 11 is 0. The number of hydrogen-bond donors (Lipinski definition) is 2. The molecule has 7 nitrogen and oxygen atoms in total. The molecule has 0 spiro atoms. The van der Waals surface area contributed by atoms with Crippen molar-refractivity contribution in [2.75, 3.05) is 0 Å². The highest BCUT2D eigenvalue weighted by molar-refractivity contribution is 5.95. The van der Waals surface area contributed by atoms with Gasteiger partial charge >= 0.3 is 11.9 Å². The first-order valence-electron chi connectivity index (χ1n) is 5.66. The molecule has 2 aromatic heterocycles. The van der Waals surface area contributed by atoms with Gasteiger partial charge in [0.1, 0.15) is 5.75 Å². The predicted molar refractivity (Wildman–Crippen MR) is 68.4 cm³/mol. The van der Waals surface area contributed by atoms with Crippen LogP contribution in [0.2, 0.25) is 0 Å². The zero-order valence-corrected chi connectivity index (χ0v) is 10.5. The van der Waals surface area contributed by atoms with Gasteiger partial charge in [-0.2, -0.15) is 5.48 Å². The molecule has 20 heavy (non-hydrogen) atoms. The van der Waals surface area contributed by atoms with Gasteiger partial charge in [0, 0.05) is 24.9 Å². The van der Waals surface area contributed by atoms with E-state index in [0.717, 1.165) is 6.92 Å². The maximum absolute atomic E-state index is 11.6. The first-order chi connectivity index (χ1) is 9.58. The smallest absolute Gasteiger partial charge is 0.329 e. The van der Waals surface area contributed by atoms with Gasteiger partial charge in [-0.15, -0.1) is 0 Å². The number of rotatable bonds is 2. The lowest BCUT2D eigenvalue weighted by Gasteiger charge is -2.06. The molecule has 2 N–H and O–H groups in total. The maximum Gasteiger partial charge on any atom is 0.329 e. The number of amides is 1. The third-order valence-corrected chi connectivity index (χ3v) is 2.33. The molecule has 1 amide bonds. The minimum atomic E-state index is -0.815. The molecular formula is C13H11N3O4. The summed E-state index contributed by atoms with van der Waals surface area (Å²) in [5, 5.41) is 9.80. The standard InChI is InChI=1S/C13H11N3O4/c1-8(17)20-16-13(19)12-11(18)6-9(7-15-12)10-4-2-3-5-14-10/h2-7,18H,1H3,(H,16,19). The van der Waals surface area contributed by atoms with Gasteiger partial charge in [0.05, 0.1) is 5.69 Å². The third kappa shape index (κ3) is 3.08. The van der Waals surface area contributed by atoms with Crippen molar-refractivity contribution in [3.05, 3.63) is 42.4 Å². The van der Waals surface area contributed by atoms with Gasteiger partial charge in [-0.1, -0.05) is 6.07 Å². The Morgan fingerprint density at radius 2 is 2.10 bits per heavy atom. The fourth-order valence-electron chi connectivity index (χ4n) is 1.47. The Kier molecular flexibility index (Phi) is 3.90. The van der Waals surface area contributed by atoms with E-state index in [4.69, 9.17) is 0 Å². The van der Waals surface area contributed by atoms with Crippen LogP contribution in [0.25, 0.3) is 11.3 Å². The van der Waals surface area contributed by atoms with Crippen molar-refractivity contribution in [1.82, 2.24) is 15.4 Å². The quantitative estimate of drug-likeness (QED) is 0.793. The lowest BCUT2D eigenvalue weighted by atomic mass is 10.1. The summed E-state index contributed by atoms with van der Waals surface area (Å²) in [5.74, 6) is -1.83. The van der Waals surface area contributed by atoms with Crippen LogP contribution in [0.15, 0.2) is 36.7 Å². The van der Waals surface area contributed by atoms with Crippen LogP contribution >= 0.6 is 0 Å². The average Bonchev–Trinajstić information content (AvgIpc) is 2.45. The molecule has 7 heteroatoms. The van der Waals surface area contributed by atoms with Gasteiger partial charge in [-0.25, -0.2) is 4.98 Å². The van der Waals surface area contributed by atoms with E-state index in [1.54, 1.807) is 24.4 Å². The van der Waals surface area contributed by atoms with Crippen molar-refractivity contribution in [2.45, 2.75) is 6.92 Å². The number of carbonyl (C=O) groups excluding carboxylic acids is 2. The van der Waals surface area contributed by atoms with Crippen LogP contribution in [0, 0.1) is 0 Å². The molecular weight excluding hydrogens is 262 g/mol. The Morgan fingerprint density at radius 1 is 1.30 bits per heavy atom. The molecule has 2 heterocycles. The van der Waals surface area contributed by atoms with Gasteiger partial charge in [-0.3, -0.25) is 14.6 Å². The van der Waals surface area contributed by atoms with Crippen LogP contribution in [0.5, 0.6) is 5.75 Å². The minimum absolute atomic E-state index is 0.245. The molecule has 102 valence electrons. The van der Waals surface area contributed by atoms with Crippen molar-refractivity contribution in [3.63, 3.8) is 0 Å². The Bertz CT molecular complexity index is 643. The summed E-state index contributed by atoms with van der Waals surface area (Å²) < 4.78 is 0. The topological polar surface area (TPSA) is 101 Å². The van der Waals surface area contributed by atoms with E-state index >= 15 is 0 Å². The molecule has 0 aliphatic rings.